The molecular weight excluding hydrogens is 352 g/mol. The topological polar surface area (TPSA) is 62.6 Å². The molecule has 1 heterocycles. The number of nitrogens with one attached hydrogen (secondary N) is 1. The molecule has 5 nitrogen and oxygen atoms in total. The second-order valence-electron chi connectivity index (χ2n) is 6.81. The van der Waals surface area contributed by atoms with Crippen LogP contribution in [0.3, 0.4) is 0 Å². The van der Waals surface area contributed by atoms with Crippen LogP contribution in [0.15, 0.2) is 71.1 Å². The van der Waals surface area contributed by atoms with E-state index in [0.29, 0.717) is 24.9 Å². The molecule has 0 aliphatic carbocycles. The zero-order valence-electron chi connectivity index (χ0n) is 16.1. The fourth-order valence-electron chi connectivity index (χ4n) is 2.82. The summed E-state index contributed by atoms with van der Waals surface area (Å²) in [7, 11) is 3.44. The highest BCUT2D eigenvalue weighted by Crippen LogP contribution is 2.22. The van der Waals surface area contributed by atoms with Crippen molar-refractivity contribution in [3.8, 4) is 11.3 Å². The Morgan fingerprint density at radius 2 is 1.64 bits per heavy atom. The van der Waals surface area contributed by atoms with Crippen molar-refractivity contribution in [2.75, 3.05) is 14.1 Å². The van der Waals surface area contributed by atoms with Crippen LogP contribution in [0.1, 0.15) is 28.1 Å². The Hall–Kier alpha value is -3.34. The lowest BCUT2D eigenvalue weighted by Crippen LogP contribution is -2.23. The molecule has 3 aromatic rings. The average molecular weight is 376 g/mol. The molecule has 0 saturated carbocycles. The zero-order chi connectivity index (χ0) is 19.9. The summed E-state index contributed by atoms with van der Waals surface area (Å²) in [5, 5.41) is 2.90. The van der Waals surface area contributed by atoms with Gasteiger partial charge in [0.2, 0.25) is 5.91 Å². The van der Waals surface area contributed by atoms with Crippen molar-refractivity contribution >= 4 is 11.8 Å². The third-order valence-corrected chi connectivity index (χ3v) is 4.42. The predicted octanol–water partition coefficient (Wildman–Crippen LogP) is 3.90. The Morgan fingerprint density at radius 3 is 2.32 bits per heavy atom. The molecule has 0 fully saturated rings. The fraction of sp³-hybridized carbons (Fsp3) is 0.217. The summed E-state index contributed by atoms with van der Waals surface area (Å²) >= 11 is 0. The summed E-state index contributed by atoms with van der Waals surface area (Å²) < 4.78 is 5.82. The summed E-state index contributed by atoms with van der Waals surface area (Å²) in [6.07, 6.45) is 0.911. The minimum atomic E-state index is -0.0381. The molecule has 0 bridgehead atoms. The maximum absolute atomic E-state index is 12.1. The molecule has 144 valence electrons. The van der Waals surface area contributed by atoms with E-state index in [0.717, 1.165) is 22.6 Å². The molecule has 0 atom stereocenters. The molecular formula is C23H24N2O3. The average Bonchev–Trinajstić information content (AvgIpc) is 3.20. The first kappa shape index (κ1) is 19.4. The molecule has 0 aliphatic rings. The first-order valence-electron chi connectivity index (χ1n) is 9.24. The lowest BCUT2D eigenvalue weighted by molar-refractivity contribution is -0.121. The van der Waals surface area contributed by atoms with Crippen molar-refractivity contribution < 1.29 is 14.0 Å². The van der Waals surface area contributed by atoms with Gasteiger partial charge in [-0.3, -0.25) is 9.59 Å². The van der Waals surface area contributed by atoms with E-state index in [9.17, 15) is 9.59 Å². The summed E-state index contributed by atoms with van der Waals surface area (Å²) in [5.41, 5.74) is 2.61. The van der Waals surface area contributed by atoms with Crippen LogP contribution in [-0.2, 0) is 17.8 Å². The zero-order valence-corrected chi connectivity index (χ0v) is 16.1. The van der Waals surface area contributed by atoms with E-state index in [-0.39, 0.29) is 11.8 Å². The summed E-state index contributed by atoms with van der Waals surface area (Å²) in [4.78, 5) is 25.5. The molecule has 3 rings (SSSR count). The molecule has 5 heteroatoms. The third-order valence-electron chi connectivity index (χ3n) is 4.42. The molecule has 0 saturated heterocycles. The van der Waals surface area contributed by atoms with Gasteiger partial charge in [0.25, 0.3) is 5.91 Å². The van der Waals surface area contributed by atoms with Gasteiger partial charge in [0.15, 0.2) is 0 Å². The number of aryl methyl sites for hydroxylation is 1. The number of hydrogen-bond acceptors (Lipinski definition) is 3. The van der Waals surface area contributed by atoms with Gasteiger partial charge in [-0.1, -0.05) is 42.5 Å². The Balaban J connectivity index is 1.46. The van der Waals surface area contributed by atoms with Crippen molar-refractivity contribution in [3.63, 3.8) is 0 Å². The summed E-state index contributed by atoms with van der Waals surface area (Å²) in [5.74, 6) is 1.53. The highest BCUT2D eigenvalue weighted by Gasteiger charge is 2.09. The van der Waals surface area contributed by atoms with Gasteiger partial charge < -0.3 is 14.6 Å². The Kier molecular flexibility index (Phi) is 6.27. The van der Waals surface area contributed by atoms with Crippen LogP contribution in [-0.4, -0.2) is 30.8 Å². The van der Waals surface area contributed by atoms with Crippen molar-refractivity contribution in [1.29, 1.82) is 0 Å². The normalized spacial score (nSPS) is 10.5. The van der Waals surface area contributed by atoms with Crippen molar-refractivity contribution in [2.45, 2.75) is 19.4 Å². The van der Waals surface area contributed by atoms with E-state index in [1.54, 1.807) is 26.2 Å². The van der Waals surface area contributed by atoms with Gasteiger partial charge in [-0.05, 0) is 29.8 Å². The van der Waals surface area contributed by atoms with E-state index in [1.165, 1.54) is 4.90 Å². The molecule has 28 heavy (non-hydrogen) atoms. The number of benzene rings is 2. The first-order chi connectivity index (χ1) is 13.5. The number of carbonyl (C=O) groups is 2. The monoisotopic (exact) mass is 376 g/mol. The molecule has 1 aromatic heterocycles. The summed E-state index contributed by atoms with van der Waals surface area (Å²) in [6, 6.07) is 21.0. The number of furan rings is 1. The van der Waals surface area contributed by atoms with Gasteiger partial charge in [-0.2, -0.15) is 0 Å². The Bertz CT molecular complexity index is 928. The first-order valence-corrected chi connectivity index (χ1v) is 9.24. The minimum absolute atomic E-state index is 0.0360. The van der Waals surface area contributed by atoms with Crippen molar-refractivity contribution in [3.05, 3.63) is 83.6 Å². The van der Waals surface area contributed by atoms with Gasteiger partial charge in [-0.15, -0.1) is 0 Å². The quantitative estimate of drug-likeness (QED) is 0.680. The van der Waals surface area contributed by atoms with E-state index in [1.807, 2.05) is 54.6 Å². The molecule has 1 N–H and O–H groups in total. The van der Waals surface area contributed by atoms with Crippen LogP contribution in [0, 0.1) is 0 Å². The van der Waals surface area contributed by atoms with Crippen molar-refractivity contribution in [1.82, 2.24) is 10.2 Å². The fourth-order valence-corrected chi connectivity index (χ4v) is 2.82. The Morgan fingerprint density at radius 1 is 0.929 bits per heavy atom. The molecule has 2 aromatic carbocycles. The van der Waals surface area contributed by atoms with Gasteiger partial charge in [0.1, 0.15) is 11.5 Å². The molecule has 0 aliphatic heterocycles. The van der Waals surface area contributed by atoms with E-state index >= 15 is 0 Å². The number of rotatable bonds is 7. The highest BCUT2D eigenvalue weighted by atomic mass is 16.3. The minimum Gasteiger partial charge on any atom is -0.461 e. The molecule has 0 unspecified atom stereocenters. The maximum Gasteiger partial charge on any atom is 0.253 e. The van der Waals surface area contributed by atoms with Gasteiger partial charge in [-0.25, -0.2) is 0 Å². The van der Waals surface area contributed by atoms with Crippen molar-refractivity contribution in [2.24, 2.45) is 0 Å². The van der Waals surface area contributed by atoms with Crippen LogP contribution in [0.5, 0.6) is 0 Å². The largest absolute Gasteiger partial charge is 0.461 e. The lowest BCUT2D eigenvalue weighted by Gasteiger charge is -2.10. The number of amides is 2. The van der Waals surface area contributed by atoms with Crippen LogP contribution < -0.4 is 5.32 Å². The number of hydrogen-bond donors (Lipinski definition) is 1. The van der Waals surface area contributed by atoms with E-state index < -0.39 is 0 Å². The summed E-state index contributed by atoms with van der Waals surface area (Å²) in [6.45, 7) is 0.433. The second-order valence-corrected chi connectivity index (χ2v) is 6.81. The van der Waals surface area contributed by atoms with Crippen LogP contribution in [0.2, 0.25) is 0 Å². The van der Waals surface area contributed by atoms with Gasteiger partial charge in [0, 0.05) is 44.6 Å². The van der Waals surface area contributed by atoms with Gasteiger partial charge in [0.05, 0.1) is 0 Å². The van der Waals surface area contributed by atoms with E-state index in [2.05, 4.69) is 5.32 Å². The molecule has 2 amide bonds. The number of carbonyl (C=O) groups excluding carboxylic acids is 2. The smallest absolute Gasteiger partial charge is 0.253 e. The maximum atomic E-state index is 12.1. The van der Waals surface area contributed by atoms with Crippen LogP contribution in [0.4, 0.5) is 0 Å². The molecule has 0 radical (unpaired) electrons. The van der Waals surface area contributed by atoms with Crippen LogP contribution >= 0.6 is 0 Å². The Labute approximate surface area is 165 Å². The number of nitrogens with zero attached hydrogens (tertiary/aromatic N) is 1. The third kappa shape index (κ3) is 5.10. The molecule has 0 spiro atoms. The van der Waals surface area contributed by atoms with E-state index in [4.69, 9.17) is 4.42 Å². The predicted molar refractivity (Wildman–Crippen MR) is 109 cm³/mol. The highest BCUT2D eigenvalue weighted by molar-refractivity contribution is 5.93. The SMILES string of the molecule is CN(C)C(=O)c1ccc(CNC(=O)CCc2ccc(-c3ccccc3)o2)cc1. The van der Waals surface area contributed by atoms with Gasteiger partial charge >= 0.3 is 0 Å². The van der Waals surface area contributed by atoms with Crippen LogP contribution in [0.25, 0.3) is 11.3 Å². The second kappa shape index (κ2) is 9.04. The lowest BCUT2D eigenvalue weighted by atomic mass is 10.1. The standard InChI is InChI=1S/C23H24N2O3/c1-25(2)23(27)19-10-8-17(9-11-19)16-24-22(26)15-13-20-12-14-21(28-20)18-6-4-3-5-7-18/h3-12,14H,13,15-16H2,1-2H3,(H,24,26).